The maximum Gasteiger partial charge on any atom is 0.407 e. The van der Waals surface area contributed by atoms with Crippen LogP contribution in [-0.2, 0) is 16.1 Å². The summed E-state index contributed by atoms with van der Waals surface area (Å²) >= 11 is 0. The van der Waals surface area contributed by atoms with Gasteiger partial charge in [0.1, 0.15) is 6.61 Å². The number of allylic oxidation sites excluding steroid dienone is 2. The number of ether oxygens (including phenoxy) is 1. The summed E-state index contributed by atoms with van der Waals surface area (Å²) < 4.78 is 5.29. The normalized spacial score (nSPS) is 15.5. The minimum Gasteiger partial charge on any atom is -0.445 e. The number of carbonyl (C=O) groups is 2. The fourth-order valence-electron chi connectivity index (χ4n) is 2.95. The van der Waals surface area contributed by atoms with Gasteiger partial charge in [-0.2, -0.15) is 0 Å². The smallest absolute Gasteiger partial charge is 0.407 e. The van der Waals surface area contributed by atoms with Gasteiger partial charge in [-0.1, -0.05) is 49.8 Å². The molecule has 1 aromatic rings. The van der Waals surface area contributed by atoms with E-state index in [4.69, 9.17) is 4.74 Å². The fraction of sp³-hybridized carbons (Fsp3) is 0.500. The van der Waals surface area contributed by atoms with Gasteiger partial charge >= 0.3 is 6.09 Å². The number of Topliss-reactive ketones (excluding diaryl/α,β-unsaturated/α-hetero) is 1. The zero-order valence-corrected chi connectivity index (χ0v) is 14.4. The van der Waals surface area contributed by atoms with Crippen LogP contribution in [0.15, 0.2) is 42.0 Å². The molecule has 1 N–H and O–H groups in total. The molecule has 1 aliphatic rings. The van der Waals surface area contributed by atoms with E-state index >= 15 is 0 Å². The molecule has 4 heteroatoms. The molecule has 0 heterocycles. The summed E-state index contributed by atoms with van der Waals surface area (Å²) in [5.41, 5.74) is 1.90. The van der Waals surface area contributed by atoms with E-state index in [1.54, 1.807) is 0 Å². The van der Waals surface area contributed by atoms with E-state index in [-0.39, 0.29) is 24.5 Å². The first-order valence-corrected chi connectivity index (χ1v) is 8.88. The molecule has 4 nitrogen and oxygen atoms in total. The monoisotopic (exact) mass is 329 g/mol. The minimum absolute atomic E-state index is 0.0499. The van der Waals surface area contributed by atoms with E-state index in [1.165, 1.54) is 0 Å². The summed E-state index contributed by atoms with van der Waals surface area (Å²) in [6.07, 6.45) is 7.68. The SMILES string of the molecule is CCC[C@@H](CCC1=CCCCC1=O)NC(=O)OCc1ccccc1. The largest absolute Gasteiger partial charge is 0.445 e. The third-order valence-electron chi connectivity index (χ3n) is 4.29. The standard InChI is InChI=1S/C20H27NO3/c1-2-8-18(14-13-17-11-6-7-12-19(17)22)21-20(23)24-15-16-9-4-3-5-10-16/h3-5,9-11,18H,2,6-8,12-15H2,1H3,(H,21,23)/t18-/m0/s1. The molecule has 1 amide bonds. The highest BCUT2D eigenvalue weighted by Gasteiger charge is 2.17. The van der Waals surface area contributed by atoms with E-state index in [2.05, 4.69) is 18.3 Å². The number of hydrogen-bond acceptors (Lipinski definition) is 3. The average molecular weight is 329 g/mol. The Balaban J connectivity index is 1.78. The van der Waals surface area contributed by atoms with Gasteiger partial charge in [0, 0.05) is 12.5 Å². The van der Waals surface area contributed by atoms with Crippen molar-refractivity contribution >= 4 is 11.9 Å². The molecule has 0 radical (unpaired) electrons. The topological polar surface area (TPSA) is 55.4 Å². The Morgan fingerprint density at radius 2 is 2.04 bits per heavy atom. The second-order valence-corrected chi connectivity index (χ2v) is 6.28. The highest BCUT2D eigenvalue weighted by atomic mass is 16.5. The Labute approximate surface area is 144 Å². The summed E-state index contributed by atoms with van der Waals surface area (Å²) in [5.74, 6) is 0.267. The van der Waals surface area contributed by atoms with Crippen LogP contribution in [0, 0.1) is 0 Å². The molecule has 130 valence electrons. The molecule has 2 rings (SSSR count). The van der Waals surface area contributed by atoms with Gasteiger partial charge in [-0.25, -0.2) is 4.79 Å². The van der Waals surface area contributed by atoms with Crippen LogP contribution in [0.4, 0.5) is 4.79 Å². The highest BCUT2D eigenvalue weighted by Crippen LogP contribution is 2.20. The molecule has 0 saturated carbocycles. The van der Waals surface area contributed by atoms with Crippen LogP contribution in [0.1, 0.15) is 57.4 Å². The summed E-state index contributed by atoms with van der Waals surface area (Å²) in [6, 6.07) is 9.68. The molecule has 24 heavy (non-hydrogen) atoms. The van der Waals surface area contributed by atoms with Gasteiger partial charge in [0.25, 0.3) is 0 Å². The molecule has 0 saturated heterocycles. The number of hydrogen-bond donors (Lipinski definition) is 1. The number of amides is 1. The van der Waals surface area contributed by atoms with Crippen LogP contribution >= 0.6 is 0 Å². The molecular weight excluding hydrogens is 302 g/mol. The van der Waals surface area contributed by atoms with Crippen molar-refractivity contribution in [2.75, 3.05) is 0 Å². The number of rotatable bonds is 8. The Bertz CT molecular complexity index is 566. The lowest BCUT2D eigenvalue weighted by Crippen LogP contribution is -2.35. The predicted molar refractivity (Wildman–Crippen MR) is 94.6 cm³/mol. The molecular formula is C20H27NO3. The Morgan fingerprint density at radius 1 is 1.25 bits per heavy atom. The number of benzene rings is 1. The van der Waals surface area contributed by atoms with Crippen LogP contribution < -0.4 is 5.32 Å². The summed E-state index contributed by atoms with van der Waals surface area (Å²) in [5, 5.41) is 2.94. The maximum absolute atomic E-state index is 12.0. The highest BCUT2D eigenvalue weighted by molar-refractivity contribution is 5.95. The van der Waals surface area contributed by atoms with E-state index < -0.39 is 0 Å². The number of carbonyl (C=O) groups excluding carboxylic acids is 2. The lowest BCUT2D eigenvalue weighted by molar-refractivity contribution is -0.116. The van der Waals surface area contributed by atoms with E-state index in [0.29, 0.717) is 6.42 Å². The molecule has 0 aromatic heterocycles. The molecule has 0 spiro atoms. The number of ketones is 1. The van der Waals surface area contributed by atoms with Gasteiger partial charge in [-0.3, -0.25) is 4.79 Å². The van der Waals surface area contributed by atoms with Crippen LogP contribution in [-0.4, -0.2) is 17.9 Å². The zero-order chi connectivity index (χ0) is 17.2. The van der Waals surface area contributed by atoms with Crippen molar-refractivity contribution in [3.8, 4) is 0 Å². The Kier molecular flexibility index (Phi) is 7.53. The van der Waals surface area contributed by atoms with Crippen molar-refractivity contribution in [1.29, 1.82) is 0 Å². The fourth-order valence-corrected chi connectivity index (χ4v) is 2.95. The maximum atomic E-state index is 12.0. The molecule has 0 fully saturated rings. The van der Waals surface area contributed by atoms with E-state index in [9.17, 15) is 9.59 Å². The summed E-state index contributed by atoms with van der Waals surface area (Å²) in [7, 11) is 0. The average Bonchev–Trinajstić information content (AvgIpc) is 2.60. The lowest BCUT2D eigenvalue weighted by Gasteiger charge is -2.19. The number of nitrogens with one attached hydrogen (secondary N) is 1. The van der Waals surface area contributed by atoms with E-state index in [1.807, 2.05) is 30.3 Å². The van der Waals surface area contributed by atoms with Crippen molar-refractivity contribution in [2.24, 2.45) is 0 Å². The molecule has 0 aliphatic heterocycles. The minimum atomic E-state index is -0.388. The molecule has 1 aromatic carbocycles. The van der Waals surface area contributed by atoms with Gasteiger partial charge in [0.05, 0.1) is 0 Å². The Morgan fingerprint density at radius 3 is 2.75 bits per heavy atom. The van der Waals surface area contributed by atoms with Crippen molar-refractivity contribution < 1.29 is 14.3 Å². The molecule has 1 aliphatic carbocycles. The van der Waals surface area contributed by atoms with Crippen LogP contribution in [0.25, 0.3) is 0 Å². The van der Waals surface area contributed by atoms with Crippen LogP contribution in [0.5, 0.6) is 0 Å². The predicted octanol–water partition coefficient (Wildman–Crippen LogP) is 4.54. The third-order valence-corrected chi connectivity index (χ3v) is 4.29. The van der Waals surface area contributed by atoms with E-state index in [0.717, 1.165) is 49.7 Å². The molecule has 0 unspecified atom stereocenters. The van der Waals surface area contributed by atoms with Crippen molar-refractivity contribution in [2.45, 2.75) is 64.5 Å². The van der Waals surface area contributed by atoms with Crippen molar-refractivity contribution in [1.82, 2.24) is 5.32 Å². The Hall–Kier alpha value is -2.10. The van der Waals surface area contributed by atoms with Gasteiger partial charge in [0.15, 0.2) is 5.78 Å². The van der Waals surface area contributed by atoms with Gasteiger partial charge in [0.2, 0.25) is 0 Å². The summed E-state index contributed by atoms with van der Waals surface area (Å²) in [4.78, 5) is 23.9. The van der Waals surface area contributed by atoms with Crippen molar-refractivity contribution in [3.63, 3.8) is 0 Å². The van der Waals surface area contributed by atoms with Gasteiger partial charge in [-0.15, -0.1) is 0 Å². The zero-order valence-electron chi connectivity index (χ0n) is 14.4. The lowest BCUT2D eigenvalue weighted by atomic mass is 9.92. The first kappa shape index (κ1) is 18.2. The van der Waals surface area contributed by atoms with Crippen LogP contribution in [0.2, 0.25) is 0 Å². The second kappa shape index (κ2) is 9.91. The van der Waals surface area contributed by atoms with Crippen molar-refractivity contribution in [3.05, 3.63) is 47.5 Å². The first-order chi connectivity index (χ1) is 11.7. The van der Waals surface area contributed by atoms with Crippen LogP contribution in [0.3, 0.4) is 0 Å². The third kappa shape index (κ3) is 6.19. The molecule has 0 bridgehead atoms. The molecule has 1 atom stereocenters. The van der Waals surface area contributed by atoms with Gasteiger partial charge < -0.3 is 10.1 Å². The van der Waals surface area contributed by atoms with Gasteiger partial charge in [-0.05, 0) is 43.2 Å². The first-order valence-electron chi connectivity index (χ1n) is 8.88. The second-order valence-electron chi connectivity index (χ2n) is 6.28. The number of alkyl carbamates (subject to hydrolysis) is 1. The quantitative estimate of drug-likeness (QED) is 0.761. The summed E-state index contributed by atoms with van der Waals surface area (Å²) in [6.45, 7) is 2.37.